The first-order chi connectivity index (χ1) is 11.8. The highest BCUT2D eigenvalue weighted by atomic mass is 32.2. The molecule has 9 heteroatoms. The molecule has 0 aromatic heterocycles. The third-order valence-electron chi connectivity index (χ3n) is 3.12. The Kier molecular flexibility index (Phi) is 8.04. The van der Waals surface area contributed by atoms with Crippen LogP contribution in [0.4, 0.5) is 0 Å². The van der Waals surface area contributed by atoms with Gasteiger partial charge in [0.25, 0.3) is 5.91 Å². The molecule has 1 N–H and O–H groups in total. The monoisotopic (exact) mass is 368 g/mol. The van der Waals surface area contributed by atoms with Gasteiger partial charge in [-0.05, 0) is 24.6 Å². The van der Waals surface area contributed by atoms with E-state index in [4.69, 9.17) is 14.7 Å². The molecule has 0 heterocycles. The van der Waals surface area contributed by atoms with Gasteiger partial charge >= 0.3 is 5.97 Å². The summed E-state index contributed by atoms with van der Waals surface area (Å²) in [4.78, 5) is 23.7. The number of rotatable bonds is 9. The molecule has 0 spiro atoms. The minimum atomic E-state index is -3.50. The molecule has 0 saturated carbocycles. The van der Waals surface area contributed by atoms with Crippen LogP contribution in [0.2, 0.25) is 0 Å². The molecule has 0 aliphatic carbocycles. The van der Waals surface area contributed by atoms with E-state index in [0.717, 1.165) is 0 Å². The van der Waals surface area contributed by atoms with Crippen LogP contribution in [0.25, 0.3) is 0 Å². The molecule has 0 bridgehead atoms. The topological polar surface area (TPSA) is 123 Å². The maximum atomic E-state index is 12.0. The van der Waals surface area contributed by atoms with Crippen LogP contribution in [-0.2, 0) is 29.9 Å². The number of nitriles is 1. The molecule has 1 rings (SSSR count). The predicted octanol–water partition coefficient (Wildman–Crippen LogP) is 0.433. The van der Waals surface area contributed by atoms with Crippen molar-refractivity contribution in [2.45, 2.75) is 18.8 Å². The van der Waals surface area contributed by atoms with Crippen molar-refractivity contribution in [3.63, 3.8) is 0 Å². The van der Waals surface area contributed by atoms with E-state index >= 15 is 0 Å². The van der Waals surface area contributed by atoms with Gasteiger partial charge in [-0.25, -0.2) is 13.2 Å². The second kappa shape index (κ2) is 9.76. The lowest BCUT2D eigenvalue weighted by atomic mass is 10.1. The highest BCUT2D eigenvalue weighted by Crippen LogP contribution is 2.11. The number of hydrogen-bond acceptors (Lipinski definition) is 7. The van der Waals surface area contributed by atoms with Crippen LogP contribution in [0.3, 0.4) is 0 Å². The zero-order valence-electron chi connectivity index (χ0n) is 14.0. The fourth-order valence-corrected chi connectivity index (χ4v) is 2.84. The number of carbonyl (C=O) groups is 2. The van der Waals surface area contributed by atoms with E-state index in [1.165, 1.54) is 38.3 Å². The molecule has 0 aliphatic heterocycles. The molecular formula is C16H20N2O6S. The first-order valence-corrected chi connectivity index (χ1v) is 9.25. The lowest BCUT2D eigenvalue weighted by molar-refractivity contribution is -0.129. The Morgan fingerprint density at radius 2 is 1.92 bits per heavy atom. The molecule has 25 heavy (non-hydrogen) atoms. The summed E-state index contributed by atoms with van der Waals surface area (Å²) in [6.07, 6.45) is -0.972. The maximum absolute atomic E-state index is 12.0. The first kappa shape index (κ1) is 20.6. The fraction of sp³-hybridized carbons (Fsp3) is 0.438. The Balaban J connectivity index is 2.62. The van der Waals surface area contributed by atoms with Crippen molar-refractivity contribution < 1.29 is 27.5 Å². The third-order valence-corrected chi connectivity index (χ3v) is 4.46. The maximum Gasteiger partial charge on any atom is 0.338 e. The zero-order chi connectivity index (χ0) is 18.9. The quantitative estimate of drug-likeness (QED) is 0.495. The number of nitrogens with one attached hydrogen (secondary N) is 1. The van der Waals surface area contributed by atoms with Crippen LogP contribution >= 0.6 is 0 Å². The van der Waals surface area contributed by atoms with E-state index < -0.39 is 33.6 Å². The summed E-state index contributed by atoms with van der Waals surface area (Å²) in [6.45, 7) is 2.11. The average molecular weight is 368 g/mol. The van der Waals surface area contributed by atoms with Gasteiger partial charge in [0.2, 0.25) is 0 Å². The second-order valence-corrected chi connectivity index (χ2v) is 7.28. The molecule has 1 aromatic rings. The van der Waals surface area contributed by atoms with Crippen LogP contribution < -0.4 is 5.32 Å². The molecule has 0 aliphatic rings. The Bertz CT molecular complexity index is 737. The van der Waals surface area contributed by atoms with Crippen LogP contribution in [0.15, 0.2) is 24.3 Å². The number of amides is 1. The van der Waals surface area contributed by atoms with E-state index in [1.54, 1.807) is 6.07 Å². The number of nitrogens with zero attached hydrogens (tertiary/aromatic N) is 1. The van der Waals surface area contributed by atoms with Gasteiger partial charge in [-0.15, -0.1) is 0 Å². The smallest absolute Gasteiger partial charge is 0.338 e. The summed E-state index contributed by atoms with van der Waals surface area (Å²) < 4.78 is 33.0. The van der Waals surface area contributed by atoms with Crippen LogP contribution in [0.1, 0.15) is 22.8 Å². The van der Waals surface area contributed by atoms with Gasteiger partial charge in [-0.3, -0.25) is 4.79 Å². The van der Waals surface area contributed by atoms with E-state index in [-0.39, 0.29) is 11.3 Å². The normalized spacial score (nSPS) is 12.0. The van der Waals surface area contributed by atoms with E-state index in [0.29, 0.717) is 18.7 Å². The lowest BCUT2D eigenvalue weighted by Crippen LogP contribution is -2.37. The van der Waals surface area contributed by atoms with Crippen LogP contribution in [0, 0.1) is 11.3 Å². The average Bonchev–Trinajstić information content (AvgIpc) is 2.55. The largest absolute Gasteiger partial charge is 0.449 e. The summed E-state index contributed by atoms with van der Waals surface area (Å²) in [5, 5.41) is 11.0. The molecule has 1 atom stereocenters. The minimum absolute atomic E-state index is 0.193. The number of hydrogen-bond donors (Lipinski definition) is 1. The van der Waals surface area contributed by atoms with Gasteiger partial charge in [0.05, 0.1) is 24.0 Å². The summed E-state index contributed by atoms with van der Waals surface area (Å²) in [6, 6.07) is 7.36. The van der Waals surface area contributed by atoms with Crippen molar-refractivity contribution in [3.8, 4) is 6.07 Å². The SMILES string of the molecule is COCCNC(=O)[C@@H](C)OC(=O)c1ccc(CS(=O)(=O)CC#N)cc1. The van der Waals surface area contributed by atoms with Crippen LogP contribution in [0.5, 0.6) is 0 Å². The van der Waals surface area contributed by atoms with E-state index in [9.17, 15) is 18.0 Å². The highest BCUT2D eigenvalue weighted by Gasteiger charge is 2.19. The molecule has 0 saturated heterocycles. The van der Waals surface area contributed by atoms with Crippen molar-refractivity contribution >= 4 is 21.7 Å². The predicted molar refractivity (Wildman–Crippen MR) is 89.3 cm³/mol. The molecular weight excluding hydrogens is 348 g/mol. The summed E-state index contributed by atoms with van der Waals surface area (Å²) in [5.41, 5.74) is 0.648. The molecule has 8 nitrogen and oxygen atoms in total. The van der Waals surface area contributed by atoms with Gasteiger partial charge in [0.1, 0.15) is 5.75 Å². The molecule has 0 radical (unpaired) electrons. The molecule has 0 fully saturated rings. The lowest BCUT2D eigenvalue weighted by Gasteiger charge is -2.13. The minimum Gasteiger partial charge on any atom is -0.449 e. The van der Waals surface area contributed by atoms with Gasteiger partial charge in [-0.1, -0.05) is 12.1 Å². The third kappa shape index (κ3) is 7.32. The summed E-state index contributed by atoms with van der Waals surface area (Å²) >= 11 is 0. The van der Waals surface area contributed by atoms with E-state index in [1.807, 2.05) is 0 Å². The number of sulfone groups is 1. The summed E-state index contributed by atoms with van der Waals surface area (Å²) in [7, 11) is -1.99. The number of carbonyl (C=O) groups excluding carboxylic acids is 2. The first-order valence-electron chi connectivity index (χ1n) is 7.43. The summed E-state index contributed by atoms with van der Waals surface area (Å²) in [5.74, 6) is -1.98. The Morgan fingerprint density at radius 1 is 1.28 bits per heavy atom. The van der Waals surface area contributed by atoms with Crippen molar-refractivity contribution in [1.82, 2.24) is 5.32 Å². The van der Waals surface area contributed by atoms with Crippen molar-refractivity contribution in [2.75, 3.05) is 26.0 Å². The molecule has 1 amide bonds. The van der Waals surface area contributed by atoms with Gasteiger partial charge in [-0.2, -0.15) is 5.26 Å². The van der Waals surface area contributed by atoms with Crippen LogP contribution in [-0.4, -0.2) is 52.4 Å². The van der Waals surface area contributed by atoms with Crippen molar-refractivity contribution in [3.05, 3.63) is 35.4 Å². The van der Waals surface area contributed by atoms with Gasteiger partial charge in [0, 0.05) is 13.7 Å². The van der Waals surface area contributed by atoms with Crippen molar-refractivity contribution in [2.24, 2.45) is 0 Å². The van der Waals surface area contributed by atoms with Gasteiger partial charge < -0.3 is 14.8 Å². The Hall–Kier alpha value is -2.44. The number of methoxy groups -OCH3 is 1. The van der Waals surface area contributed by atoms with Gasteiger partial charge in [0.15, 0.2) is 15.9 Å². The zero-order valence-corrected chi connectivity index (χ0v) is 14.8. The van der Waals surface area contributed by atoms with E-state index in [2.05, 4.69) is 5.32 Å². The van der Waals surface area contributed by atoms with Crippen molar-refractivity contribution in [1.29, 1.82) is 5.26 Å². The number of ether oxygens (including phenoxy) is 2. The fourth-order valence-electron chi connectivity index (χ4n) is 1.84. The highest BCUT2D eigenvalue weighted by molar-refractivity contribution is 7.90. The molecule has 1 aromatic carbocycles. The molecule has 0 unspecified atom stereocenters. The number of benzene rings is 1. The Labute approximate surface area is 146 Å². The Morgan fingerprint density at radius 3 is 2.48 bits per heavy atom. The standard InChI is InChI=1S/C16H20N2O6S/c1-12(15(19)18-8-9-23-2)24-16(20)14-5-3-13(4-6-14)11-25(21,22)10-7-17/h3-6,12H,8-11H2,1-2H3,(H,18,19)/t12-/m1/s1. The molecule has 136 valence electrons. The number of esters is 1. The second-order valence-electron chi connectivity index (χ2n) is 5.22.